The average Bonchev–Trinajstić information content (AvgIpc) is 3.06. The fourth-order valence-corrected chi connectivity index (χ4v) is 2.62. The van der Waals surface area contributed by atoms with Crippen molar-refractivity contribution >= 4 is 29.9 Å². The average molecular weight is 387 g/mol. The molecule has 1 amide bonds. The summed E-state index contributed by atoms with van der Waals surface area (Å²) in [5.41, 5.74) is 6.11. The normalized spacial score (nSPS) is 11.0. The summed E-state index contributed by atoms with van der Waals surface area (Å²) in [6, 6.07) is 7.21. The largest absolute Gasteiger partial charge is 0.355 e. The van der Waals surface area contributed by atoms with Crippen LogP contribution in [-0.2, 0) is 11.2 Å². The SMILES string of the molecule is CCC(CC)(CN)C(=O)NCCc1nc(-c2ccc(Cl)cc2)no1.Cl. The fraction of sp³-hybridized carbons (Fsp3) is 0.471. The molecule has 3 N–H and O–H groups in total. The van der Waals surface area contributed by atoms with Crippen molar-refractivity contribution in [2.45, 2.75) is 33.1 Å². The number of nitrogens with one attached hydrogen (secondary N) is 1. The molecule has 0 saturated carbocycles. The van der Waals surface area contributed by atoms with Crippen molar-refractivity contribution < 1.29 is 9.32 Å². The van der Waals surface area contributed by atoms with Crippen LogP contribution in [-0.4, -0.2) is 29.1 Å². The van der Waals surface area contributed by atoms with Gasteiger partial charge in [-0.3, -0.25) is 4.79 Å². The van der Waals surface area contributed by atoms with E-state index in [4.69, 9.17) is 21.9 Å². The molecule has 0 saturated heterocycles. The topological polar surface area (TPSA) is 94.0 Å². The second-order valence-corrected chi connectivity index (χ2v) is 6.15. The van der Waals surface area contributed by atoms with Gasteiger partial charge in [-0.25, -0.2) is 0 Å². The maximum atomic E-state index is 12.3. The van der Waals surface area contributed by atoms with Crippen molar-refractivity contribution in [3.63, 3.8) is 0 Å². The molecule has 0 aliphatic heterocycles. The molecule has 2 rings (SSSR count). The number of benzene rings is 1. The van der Waals surface area contributed by atoms with E-state index in [1.165, 1.54) is 0 Å². The lowest BCUT2D eigenvalue weighted by molar-refractivity contribution is -0.131. The van der Waals surface area contributed by atoms with Crippen LogP contribution in [0.15, 0.2) is 28.8 Å². The minimum absolute atomic E-state index is 0. The lowest BCUT2D eigenvalue weighted by atomic mass is 9.81. The van der Waals surface area contributed by atoms with Crippen LogP contribution in [0.1, 0.15) is 32.6 Å². The van der Waals surface area contributed by atoms with E-state index in [9.17, 15) is 4.79 Å². The molecule has 0 bridgehead atoms. The van der Waals surface area contributed by atoms with Crippen LogP contribution in [0.4, 0.5) is 0 Å². The van der Waals surface area contributed by atoms with Gasteiger partial charge in [-0.1, -0.05) is 30.6 Å². The highest BCUT2D eigenvalue weighted by molar-refractivity contribution is 6.30. The smallest absolute Gasteiger partial charge is 0.228 e. The summed E-state index contributed by atoms with van der Waals surface area (Å²) in [7, 11) is 0. The molecule has 0 aliphatic carbocycles. The van der Waals surface area contributed by atoms with Gasteiger partial charge in [0.15, 0.2) is 0 Å². The van der Waals surface area contributed by atoms with E-state index in [2.05, 4.69) is 15.5 Å². The molecule has 0 radical (unpaired) electrons. The third-order valence-electron chi connectivity index (χ3n) is 4.42. The zero-order valence-electron chi connectivity index (χ0n) is 14.4. The molecule has 25 heavy (non-hydrogen) atoms. The first-order valence-electron chi connectivity index (χ1n) is 8.11. The molecule has 8 heteroatoms. The standard InChI is InChI=1S/C17H23ClN4O2.ClH/c1-3-17(4-2,11-19)16(23)20-10-9-14-21-15(22-24-14)12-5-7-13(18)8-6-12;/h5-8H,3-4,9-11,19H2,1-2H3,(H,20,23);1H. The summed E-state index contributed by atoms with van der Waals surface area (Å²) < 4.78 is 5.23. The number of hydrogen-bond donors (Lipinski definition) is 2. The summed E-state index contributed by atoms with van der Waals surface area (Å²) in [6.07, 6.45) is 1.90. The highest BCUT2D eigenvalue weighted by Gasteiger charge is 2.32. The molecular formula is C17H24Cl2N4O2. The van der Waals surface area contributed by atoms with E-state index >= 15 is 0 Å². The minimum Gasteiger partial charge on any atom is -0.355 e. The Morgan fingerprint density at radius 3 is 2.48 bits per heavy atom. The number of carbonyl (C=O) groups is 1. The Kier molecular flexibility index (Phi) is 8.35. The summed E-state index contributed by atoms with van der Waals surface area (Å²) in [5, 5.41) is 7.52. The maximum absolute atomic E-state index is 12.3. The Morgan fingerprint density at radius 2 is 1.92 bits per heavy atom. The van der Waals surface area contributed by atoms with Gasteiger partial charge in [-0.05, 0) is 37.1 Å². The number of hydrogen-bond acceptors (Lipinski definition) is 5. The first-order valence-corrected chi connectivity index (χ1v) is 8.49. The third kappa shape index (κ3) is 5.17. The van der Waals surface area contributed by atoms with Gasteiger partial charge in [-0.15, -0.1) is 12.4 Å². The summed E-state index contributed by atoms with van der Waals surface area (Å²) >= 11 is 5.86. The minimum atomic E-state index is -0.497. The van der Waals surface area contributed by atoms with Crippen LogP contribution >= 0.6 is 24.0 Å². The Morgan fingerprint density at radius 1 is 1.28 bits per heavy atom. The van der Waals surface area contributed by atoms with Crippen LogP contribution in [0.2, 0.25) is 5.02 Å². The van der Waals surface area contributed by atoms with Gasteiger partial charge in [0.1, 0.15) is 0 Å². The lowest BCUT2D eigenvalue weighted by Crippen LogP contribution is -2.45. The molecule has 1 aromatic carbocycles. The van der Waals surface area contributed by atoms with Crippen LogP contribution in [0, 0.1) is 5.41 Å². The van der Waals surface area contributed by atoms with Crippen molar-refractivity contribution in [3.8, 4) is 11.4 Å². The Labute approximate surface area is 158 Å². The number of halogens is 2. The molecule has 6 nitrogen and oxygen atoms in total. The van der Waals surface area contributed by atoms with E-state index < -0.39 is 5.41 Å². The van der Waals surface area contributed by atoms with Gasteiger partial charge in [0, 0.05) is 30.1 Å². The Hall–Kier alpha value is -1.63. The second kappa shape index (κ2) is 9.75. The molecule has 0 aliphatic rings. The number of carbonyl (C=O) groups excluding carboxylic acids is 1. The maximum Gasteiger partial charge on any atom is 0.228 e. The Bertz CT molecular complexity index is 661. The molecule has 2 aromatic rings. The number of nitrogens with zero attached hydrogens (tertiary/aromatic N) is 2. The molecule has 0 unspecified atom stereocenters. The van der Waals surface area contributed by atoms with Crippen LogP contribution < -0.4 is 11.1 Å². The van der Waals surface area contributed by atoms with E-state index in [-0.39, 0.29) is 18.3 Å². The van der Waals surface area contributed by atoms with E-state index in [1.807, 2.05) is 26.0 Å². The summed E-state index contributed by atoms with van der Waals surface area (Å²) in [4.78, 5) is 16.7. The molecule has 138 valence electrons. The molecule has 0 atom stereocenters. The number of nitrogens with two attached hydrogens (primary N) is 1. The zero-order valence-corrected chi connectivity index (χ0v) is 16.0. The number of rotatable bonds is 8. The Balaban J connectivity index is 0.00000312. The quantitative estimate of drug-likeness (QED) is 0.725. The highest BCUT2D eigenvalue weighted by atomic mass is 35.5. The second-order valence-electron chi connectivity index (χ2n) is 5.72. The predicted molar refractivity (Wildman–Crippen MR) is 101 cm³/mol. The van der Waals surface area contributed by atoms with Crippen LogP contribution in [0.25, 0.3) is 11.4 Å². The first-order chi connectivity index (χ1) is 11.5. The zero-order chi connectivity index (χ0) is 17.6. The predicted octanol–water partition coefficient (Wildman–Crippen LogP) is 3.24. The lowest BCUT2D eigenvalue weighted by Gasteiger charge is -2.28. The molecule has 0 fully saturated rings. The van der Waals surface area contributed by atoms with Gasteiger partial charge in [0.25, 0.3) is 0 Å². The highest BCUT2D eigenvalue weighted by Crippen LogP contribution is 2.25. The van der Waals surface area contributed by atoms with Crippen molar-refractivity contribution in [1.29, 1.82) is 0 Å². The van der Waals surface area contributed by atoms with Crippen molar-refractivity contribution in [1.82, 2.24) is 15.5 Å². The van der Waals surface area contributed by atoms with Gasteiger partial charge in [-0.2, -0.15) is 4.98 Å². The van der Waals surface area contributed by atoms with Crippen LogP contribution in [0.5, 0.6) is 0 Å². The number of aromatic nitrogens is 2. The third-order valence-corrected chi connectivity index (χ3v) is 4.67. The monoisotopic (exact) mass is 386 g/mol. The van der Waals surface area contributed by atoms with Gasteiger partial charge < -0.3 is 15.6 Å². The van der Waals surface area contributed by atoms with Crippen LogP contribution in [0.3, 0.4) is 0 Å². The fourth-order valence-electron chi connectivity index (χ4n) is 2.50. The van der Waals surface area contributed by atoms with Gasteiger partial charge in [0.05, 0.1) is 5.41 Å². The van der Waals surface area contributed by atoms with Crippen molar-refractivity contribution in [2.24, 2.45) is 11.1 Å². The van der Waals surface area contributed by atoms with Gasteiger partial charge >= 0.3 is 0 Å². The molecular weight excluding hydrogens is 363 g/mol. The molecule has 1 aromatic heterocycles. The molecule has 1 heterocycles. The van der Waals surface area contributed by atoms with E-state index in [0.29, 0.717) is 49.1 Å². The van der Waals surface area contributed by atoms with Gasteiger partial charge in [0.2, 0.25) is 17.6 Å². The molecule has 0 spiro atoms. The first kappa shape index (κ1) is 21.4. The number of amides is 1. The summed E-state index contributed by atoms with van der Waals surface area (Å²) in [6.45, 7) is 4.73. The summed E-state index contributed by atoms with van der Waals surface area (Å²) in [5.74, 6) is 0.963. The van der Waals surface area contributed by atoms with Crippen molar-refractivity contribution in [2.75, 3.05) is 13.1 Å². The van der Waals surface area contributed by atoms with E-state index in [0.717, 1.165) is 5.56 Å². The van der Waals surface area contributed by atoms with E-state index in [1.54, 1.807) is 12.1 Å². The van der Waals surface area contributed by atoms with Crippen molar-refractivity contribution in [3.05, 3.63) is 35.2 Å².